The van der Waals surface area contributed by atoms with E-state index in [-0.39, 0.29) is 6.10 Å². The maximum absolute atomic E-state index is 9.13. The van der Waals surface area contributed by atoms with E-state index in [9.17, 15) is 0 Å². The van der Waals surface area contributed by atoms with E-state index in [4.69, 9.17) is 15.6 Å². The molecule has 2 atom stereocenters. The monoisotopic (exact) mass is 191 g/mol. The number of H-pyrrole nitrogens is 1. The molecular weight excluding hydrogens is 182 g/mol. The van der Waals surface area contributed by atoms with Crippen molar-refractivity contribution < 1.29 is 9.84 Å². The molecule has 72 valence electrons. The van der Waals surface area contributed by atoms with Gasteiger partial charge in [0.2, 0.25) is 0 Å². The molecule has 0 spiro atoms. The standard InChI is InChI=1S/C9H9N3O2/c10-4-1-2-6-5(3-4)7(12-11-6)8-9(13)14-8/h1-3,8-9,13H,10H2,(H,11,12). The molecule has 1 aliphatic rings. The first kappa shape index (κ1) is 7.78. The Hall–Kier alpha value is -1.59. The van der Waals surface area contributed by atoms with Gasteiger partial charge >= 0.3 is 0 Å². The third kappa shape index (κ3) is 0.997. The molecule has 2 aromatic rings. The Morgan fingerprint density at radius 1 is 1.50 bits per heavy atom. The summed E-state index contributed by atoms with van der Waals surface area (Å²) >= 11 is 0. The number of epoxide rings is 1. The number of anilines is 1. The lowest BCUT2D eigenvalue weighted by Crippen LogP contribution is -1.88. The molecule has 14 heavy (non-hydrogen) atoms. The minimum atomic E-state index is -0.708. The highest BCUT2D eigenvalue weighted by Gasteiger charge is 2.41. The van der Waals surface area contributed by atoms with Gasteiger partial charge in [-0.3, -0.25) is 5.10 Å². The average Bonchev–Trinajstić information content (AvgIpc) is 2.75. The van der Waals surface area contributed by atoms with Crippen LogP contribution >= 0.6 is 0 Å². The highest BCUT2D eigenvalue weighted by Crippen LogP contribution is 2.39. The van der Waals surface area contributed by atoms with Gasteiger partial charge in [-0.15, -0.1) is 0 Å². The molecule has 0 radical (unpaired) electrons. The molecule has 4 N–H and O–H groups in total. The Kier molecular flexibility index (Phi) is 1.37. The zero-order chi connectivity index (χ0) is 9.71. The van der Waals surface area contributed by atoms with Crippen molar-refractivity contribution in [1.82, 2.24) is 10.2 Å². The highest BCUT2D eigenvalue weighted by atomic mass is 16.7. The van der Waals surface area contributed by atoms with E-state index >= 15 is 0 Å². The van der Waals surface area contributed by atoms with E-state index in [1.54, 1.807) is 6.07 Å². The molecule has 2 unspecified atom stereocenters. The zero-order valence-corrected chi connectivity index (χ0v) is 7.27. The molecule has 5 nitrogen and oxygen atoms in total. The first-order chi connectivity index (χ1) is 6.75. The van der Waals surface area contributed by atoms with Gasteiger partial charge in [0.25, 0.3) is 0 Å². The van der Waals surface area contributed by atoms with Crippen LogP contribution in [-0.4, -0.2) is 21.6 Å². The van der Waals surface area contributed by atoms with Crippen LogP contribution in [0.2, 0.25) is 0 Å². The summed E-state index contributed by atoms with van der Waals surface area (Å²) < 4.78 is 4.95. The van der Waals surface area contributed by atoms with Crippen LogP contribution in [0, 0.1) is 0 Å². The molecule has 2 heterocycles. The number of nitrogens with zero attached hydrogens (tertiary/aromatic N) is 1. The highest BCUT2D eigenvalue weighted by molar-refractivity contribution is 5.84. The first-order valence-electron chi connectivity index (χ1n) is 4.33. The van der Waals surface area contributed by atoms with Crippen LogP contribution in [0.5, 0.6) is 0 Å². The van der Waals surface area contributed by atoms with Gasteiger partial charge in [-0.2, -0.15) is 5.10 Å². The number of fused-ring (bicyclic) bond motifs is 1. The van der Waals surface area contributed by atoms with Crippen molar-refractivity contribution in [2.75, 3.05) is 5.73 Å². The molecule has 0 bridgehead atoms. The third-order valence-electron chi connectivity index (χ3n) is 2.36. The molecule has 1 aliphatic heterocycles. The minimum absolute atomic E-state index is 0.276. The fourth-order valence-electron chi connectivity index (χ4n) is 1.58. The normalized spacial score (nSPS) is 25.5. The molecule has 1 aromatic carbocycles. The summed E-state index contributed by atoms with van der Waals surface area (Å²) in [7, 11) is 0. The molecule has 0 amide bonds. The number of ether oxygens (including phenoxy) is 1. The Balaban J connectivity index is 2.19. The predicted octanol–water partition coefficient (Wildman–Crippen LogP) is 0.535. The minimum Gasteiger partial charge on any atom is -0.399 e. The number of aliphatic hydroxyl groups excluding tert-OH is 1. The predicted molar refractivity (Wildman–Crippen MR) is 50.3 cm³/mol. The number of nitrogens with two attached hydrogens (primary N) is 1. The van der Waals surface area contributed by atoms with Crippen molar-refractivity contribution in [3.63, 3.8) is 0 Å². The van der Waals surface area contributed by atoms with Crippen molar-refractivity contribution in [3.05, 3.63) is 23.9 Å². The smallest absolute Gasteiger partial charge is 0.188 e. The Bertz CT molecular complexity index is 494. The van der Waals surface area contributed by atoms with Gasteiger partial charge in [-0.1, -0.05) is 0 Å². The summed E-state index contributed by atoms with van der Waals surface area (Å²) in [4.78, 5) is 0. The van der Waals surface area contributed by atoms with Gasteiger partial charge < -0.3 is 15.6 Å². The fraction of sp³-hybridized carbons (Fsp3) is 0.222. The van der Waals surface area contributed by atoms with Crippen LogP contribution in [0.3, 0.4) is 0 Å². The summed E-state index contributed by atoms with van der Waals surface area (Å²) in [5.41, 5.74) is 7.96. The SMILES string of the molecule is Nc1ccc2n[nH]c(C3OC3O)c2c1. The van der Waals surface area contributed by atoms with Crippen molar-refractivity contribution in [2.24, 2.45) is 0 Å². The second-order valence-corrected chi connectivity index (χ2v) is 3.36. The summed E-state index contributed by atoms with van der Waals surface area (Å²) in [5, 5.41) is 17.0. The van der Waals surface area contributed by atoms with E-state index in [1.165, 1.54) is 0 Å². The van der Waals surface area contributed by atoms with Crippen molar-refractivity contribution in [2.45, 2.75) is 12.4 Å². The zero-order valence-electron chi connectivity index (χ0n) is 7.27. The van der Waals surface area contributed by atoms with Crippen molar-refractivity contribution >= 4 is 16.6 Å². The second kappa shape index (κ2) is 2.46. The molecule has 0 aliphatic carbocycles. The Morgan fingerprint density at radius 3 is 3.00 bits per heavy atom. The van der Waals surface area contributed by atoms with Crippen molar-refractivity contribution in [1.29, 1.82) is 0 Å². The number of benzene rings is 1. The van der Waals surface area contributed by atoms with Gasteiger partial charge in [0, 0.05) is 11.1 Å². The molecule has 1 fully saturated rings. The number of aliphatic hydroxyl groups is 1. The van der Waals surface area contributed by atoms with E-state index in [0.29, 0.717) is 5.69 Å². The topological polar surface area (TPSA) is 87.5 Å². The number of aromatic amines is 1. The van der Waals surface area contributed by atoms with Crippen LogP contribution in [0.1, 0.15) is 11.8 Å². The summed E-state index contributed by atoms with van der Waals surface area (Å²) in [6.45, 7) is 0. The van der Waals surface area contributed by atoms with E-state index in [0.717, 1.165) is 16.6 Å². The van der Waals surface area contributed by atoms with Crippen molar-refractivity contribution in [3.8, 4) is 0 Å². The number of hydrogen-bond acceptors (Lipinski definition) is 4. The number of rotatable bonds is 1. The second-order valence-electron chi connectivity index (χ2n) is 3.36. The third-order valence-corrected chi connectivity index (χ3v) is 2.36. The number of nitrogen functional groups attached to an aromatic ring is 1. The Morgan fingerprint density at radius 2 is 2.29 bits per heavy atom. The van der Waals surface area contributed by atoms with Crippen LogP contribution in [0.4, 0.5) is 5.69 Å². The number of aromatic nitrogens is 2. The molecule has 5 heteroatoms. The lowest BCUT2D eigenvalue weighted by atomic mass is 10.1. The maximum atomic E-state index is 9.13. The largest absolute Gasteiger partial charge is 0.399 e. The molecular formula is C9H9N3O2. The van der Waals surface area contributed by atoms with E-state index in [1.807, 2.05) is 12.1 Å². The first-order valence-corrected chi connectivity index (χ1v) is 4.33. The van der Waals surface area contributed by atoms with E-state index in [2.05, 4.69) is 10.2 Å². The quantitative estimate of drug-likeness (QED) is 0.453. The van der Waals surface area contributed by atoms with Crippen LogP contribution in [0.15, 0.2) is 18.2 Å². The molecule has 1 aromatic heterocycles. The van der Waals surface area contributed by atoms with Gasteiger partial charge in [0.05, 0.1) is 11.2 Å². The van der Waals surface area contributed by atoms with Crippen LogP contribution < -0.4 is 5.73 Å². The fourth-order valence-corrected chi connectivity index (χ4v) is 1.58. The van der Waals surface area contributed by atoms with Crippen LogP contribution in [-0.2, 0) is 4.74 Å². The molecule has 1 saturated heterocycles. The number of nitrogens with one attached hydrogen (secondary N) is 1. The number of hydrogen-bond donors (Lipinski definition) is 3. The van der Waals surface area contributed by atoms with E-state index < -0.39 is 6.29 Å². The van der Waals surface area contributed by atoms with Gasteiger partial charge in [-0.25, -0.2) is 0 Å². The Labute approximate surface area is 79.5 Å². The lowest BCUT2D eigenvalue weighted by molar-refractivity contribution is 0.156. The summed E-state index contributed by atoms with van der Waals surface area (Å²) in [5.74, 6) is 0. The lowest BCUT2D eigenvalue weighted by Gasteiger charge is -1.93. The summed E-state index contributed by atoms with van der Waals surface area (Å²) in [6.07, 6.45) is -0.984. The summed E-state index contributed by atoms with van der Waals surface area (Å²) in [6, 6.07) is 5.44. The maximum Gasteiger partial charge on any atom is 0.188 e. The van der Waals surface area contributed by atoms with Crippen LogP contribution in [0.25, 0.3) is 10.9 Å². The van der Waals surface area contributed by atoms with Gasteiger partial charge in [-0.05, 0) is 18.2 Å². The molecule has 0 saturated carbocycles. The average molecular weight is 191 g/mol. The molecule has 3 rings (SSSR count). The van der Waals surface area contributed by atoms with Gasteiger partial charge in [0.15, 0.2) is 12.4 Å². The van der Waals surface area contributed by atoms with Gasteiger partial charge in [0.1, 0.15) is 0 Å².